The minimum atomic E-state index is -0.0485. The molecule has 2 nitrogen and oxygen atoms in total. The van der Waals surface area contributed by atoms with Crippen molar-refractivity contribution in [2.45, 2.75) is 59.8 Å². The van der Waals surface area contributed by atoms with E-state index in [4.69, 9.17) is 11.6 Å². The summed E-state index contributed by atoms with van der Waals surface area (Å²) in [7, 11) is 0. The highest BCUT2D eigenvalue weighted by molar-refractivity contribution is 6.33. The number of nitrogens with one attached hydrogen (secondary N) is 1. The number of rotatable bonds is 3. The molecule has 21 heavy (non-hydrogen) atoms. The van der Waals surface area contributed by atoms with E-state index in [1.807, 2.05) is 12.1 Å². The molecule has 1 amide bonds. The second-order valence-electron chi connectivity index (χ2n) is 5.40. The van der Waals surface area contributed by atoms with E-state index >= 15 is 0 Å². The zero-order chi connectivity index (χ0) is 13.5. The Morgan fingerprint density at radius 1 is 1.05 bits per heavy atom. The summed E-state index contributed by atoms with van der Waals surface area (Å²) < 4.78 is 0. The van der Waals surface area contributed by atoms with Gasteiger partial charge in [0.1, 0.15) is 0 Å². The van der Waals surface area contributed by atoms with E-state index in [2.05, 4.69) is 5.32 Å². The van der Waals surface area contributed by atoms with Gasteiger partial charge in [-0.3, -0.25) is 4.79 Å². The monoisotopic (exact) mass is 311 g/mol. The Balaban J connectivity index is 0.00000200. The van der Waals surface area contributed by atoms with Crippen LogP contribution in [0.3, 0.4) is 0 Å². The first-order valence-electron chi connectivity index (χ1n) is 7.30. The van der Waals surface area contributed by atoms with Gasteiger partial charge in [0.05, 0.1) is 10.6 Å². The average molecular weight is 312 g/mol. The molecule has 1 aliphatic rings. The molecule has 1 aromatic carbocycles. The summed E-state index contributed by atoms with van der Waals surface area (Å²) in [6, 6.07) is 7.21. The van der Waals surface area contributed by atoms with E-state index in [0.717, 1.165) is 6.54 Å². The van der Waals surface area contributed by atoms with Crippen LogP contribution in [0.2, 0.25) is 5.02 Å². The van der Waals surface area contributed by atoms with Crippen molar-refractivity contribution in [3.05, 3.63) is 34.9 Å². The van der Waals surface area contributed by atoms with E-state index in [9.17, 15) is 4.79 Å². The zero-order valence-electron chi connectivity index (χ0n) is 11.3. The predicted molar refractivity (Wildman–Crippen MR) is 93.1 cm³/mol. The summed E-state index contributed by atoms with van der Waals surface area (Å²) in [4.78, 5) is 12.1. The summed E-state index contributed by atoms with van der Waals surface area (Å²) >= 11 is 6.03. The van der Waals surface area contributed by atoms with Crippen LogP contribution in [0.15, 0.2) is 24.3 Å². The maximum absolute atomic E-state index is 12.1. The Morgan fingerprint density at radius 3 is 2.24 bits per heavy atom. The lowest BCUT2D eigenvalue weighted by Gasteiger charge is -2.20. The molecule has 2 rings (SSSR count). The Labute approximate surface area is 135 Å². The lowest BCUT2D eigenvalue weighted by Crippen LogP contribution is -2.29. The van der Waals surface area contributed by atoms with Crippen LogP contribution in [0.1, 0.15) is 70.2 Å². The van der Waals surface area contributed by atoms with Crippen molar-refractivity contribution in [3.8, 4) is 0 Å². The first-order valence-corrected chi connectivity index (χ1v) is 7.68. The number of hydrogen-bond donors (Lipinski definition) is 1. The average Bonchev–Trinajstić information content (AvgIpc) is 2.37. The maximum Gasteiger partial charge on any atom is 0.252 e. The lowest BCUT2D eigenvalue weighted by molar-refractivity contribution is 0.0945. The van der Waals surface area contributed by atoms with E-state index < -0.39 is 0 Å². The maximum atomic E-state index is 12.1. The smallest absolute Gasteiger partial charge is 0.252 e. The Hall–Kier alpha value is -1.02. The summed E-state index contributed by atoms with van der Waals surface area (Å²) in [6.45, 7) is 0.782. The van der Waals surface area contributed by atoms with Gasteiger partial charge in [-0.1, -0.05) is 70.7 Å². The van der Waals surface area contributed by atoms with Crippen LogP contribution in [0.5, 0.6) is 0 Å². The number of halogens is 1. The van der Waals surface area contributed by atoms with Crippen LogP contribution in [-0.4, -0.2) is 12.5 Å². The molecule has 1 fully saturated rings. The van der Waals surface area contributed by atoms with Gasteiger partial charge in [0.15, 0.2) is 0 Å². The molecule has 120 valence electrons. The second-order valence-corrected chi connectivity index (χ2v) is 5.81. The van der Waals surface area contributed by atoms with E-state index in [-0.39, 0.29) is 20.8 Å². The highest BCUT2D eigenvalue weighted by Gasteiger charge is 2.14. The second kappa shape index (κ2) is 10.7. The SMILES string of the molecule is C.C.O=C(NCC1CCCCCCC1)c1ccccc1Cl. The first kappa shape index (κ1) is 20.0. The van der Waals surface area contributed by atoms with Gasteiger partial charge in [0, 0.05) is 6.54 Å². The normalized spacial score (nSPS) is 15.9. The van der Waals surface area contributed by atoms with Crippen molar-refractivity contribution in [2.24, 2.45) is 5.92 Å². The van der Waals surface area contributed by atoms with Crippen molar-refractivity contribution < 1.29 is 4.79 Å². The van der Waals surface area contributed by atoms with Gasteiger partial charge in [-0.15, -0.1) is 0 Å². The van der Waals surface area contributed by atoms with Crippen molar-refractivity contribution in [2.75, 3.05) is 6.54 Å². The fraction of sp³-hybridized carbons (Fsp3) is 0.611. The summed E-state index contributed by atoms with van der Waals surface area (Å²) in [5.74, 6) is 0.583. The number of carbonyl (C=O) groups is 1. The molecule has 1 saturated carbocycles. The summed E-state index contributed by atoms with van der Waals surface area (Å²) in [5, 5.41) is 3.56. The van der Waals surface area contributed by atoms with Crippen LogP contribution >= 0.6 is 11.6 Å². The van der Waals surface area contributed by atoms with Crippen molar-refractivity contribution in [1.29, 1.82) is 0 Å². The first-order chi connectivity index (χ1) is 9.27. The molecule has 0 spiro atoms. The van der Waals surface area contributed by atoms with Gasteiger partial charge in [0.25, 0.3) is 5.91 Å². The standard InChI is InChI=1S/C16H22ClNO.2CH4/c17-15-11-7-6-10-14(15)16(19)18-12-13-8-4-2-1-3-5-9-13;;/h6-7,10-11,13H,1-5,8-9,12H2,(H,18,19);2*1H4. The van der Waals surface area contributed by atoms with E-state index in [1.54, 1.807) is 12.1 Å². The Kier molecular flexibility index (Phi) is 10.2. The quantitative estimate of drug-likeness (QED) is 0.762. The molecule has 1 N–H and O–H groups in total. The highest BCUT2D eigenvalue weighted by atomic mass is 35.5. The van der Waals surface area contributed by atoms with Gasteiger partial charge < -0.3 is 5.32 Å². The van der Waals surface area contributed by atoms with Crippen molar-refractivity contribution in [3.63, 3.8) is 0 Å². The topological polar surface area (TPSA) is 29.1 Å². The molecule has 0 aliphatic heterocycles. The summed E-state index contributed by atoms with van der Waals surface area (Å²) in [5.41, 5.74) is 0.579. The largest absolute Gasteiger partial charge is 0.352 e. The van der Waals surface area contributed by atoms with E-state index in [0.29, 0.717) is 16.5 Å². The third-order valence-electron chi connectivity index (χ3n) is 3.89. The van der Waals surface area contributed by atoms with Crippen LogP contribution in [0.25, 0.3) is 0 Å². The number of carbonyl (C=O) groups excluding carboxylic acids is 1. The molecule has 0 unspecified atom stereocenters. The van der Waals surface area contributed by atoms with Crippen molar-refractivity contribution in [1.82, 2.24) is 5.32 Å². The molecule has 0 saturated heterocycles. The van der Waals surface area contributed by atoms with Crippen LogP contribution in [0.4, 0.5) is 0 Å². The van der Waals surface area contributed by atoms with Gasteiger partial charge in [-0.2, -0.15) is 0 Å². The molecule has 3 heteroatoms. The molecule has 0 radical (unpaired) electrons. The van der Waals surface area contributed by atoms with Gasteiger partial charge in [-0.25, -0.2) is 0 Å². The minimum Gasteiger partial charge on any atom is -0.352 e. The molecule has 1 aromatic rings. The lowest BCUT2D eigenvalue weighted by atomic mass is 9.91. The number of benzene rings is 1. The fourth-order valence-electron chi connectivity index (χ4n) is 2.72. The third-order valence-corrected chi connectivity index (χ3v) is 4.22. The van der Waals surface area contributed by atoms with Crippen LogP contribution in [-0.2, 0) is 0 Å². The van der Waals surface area contributed by atoms with Crippen molar-refractivity contribution >= 4 is 17.5 Å². The fourth-order valence-corrected chi connectivity index (χ4v) is 2.94. The molecule has 0 bridgehead atoms. The van der Waals surface area contributed by atoms with Crippen LogP contribution in [0, 0.1) is 5.92 Å². The molecular formula is C18H30ClNO. The molecule has 0 atom stereocenters. The summed E-state index contributed by atoms with van der Waals surface area (Å²) in [6.07, 6.45) is 9.13. The number of amides is 1. The molecule has 0 aromatic heterocycles. The van der Waals surface area contributed by atoms with E-state index in [1.165, 1.54) is 44.9 Å². The highest BCUT2D eigenvalue weighted by Crippen LogP contribution is 2.22. The predicted octanol–water partition coefficient (Wildman–Crippen LogP) is 5.70. The van der Waals surface area contributed by atoms with Gasteiger partial charge in [-0.05, 0) is 30.9 Å². The van der Waals surface area contributed by atoms with Crippen LogP contribution < -0.4 is 5.32 Å². The Morgan fingerprint density at radius 2 is 1.62 bits per heavy atom. The zero-order valence-corrected chi connectivity index (χ0v) is 12.1. The number of hydrogen-bond acceptors (Lipinski definition) is 1. The van der Waals surface area contributed by atoms with Gasteiger partial charge in [0.2, 0.25) is 0 Å². The molecule has 1 aliphatic carbocycles. The third kappa shape index (κ3) is 6.52. The molecular weight excluding hydrogens is 282 g/mol. The molecule has 0 heterocycles. The Bertz CT molecular complexity index is 411. The van der Waals surface area contributed by atoms with Gasteiger partial charge >= 0.3 is 0 Å². The minimum absolute atomic E-state index is 0.